The third-order valence-corrected chi connectivity index (χ3v) is 3.87. The topological polar surface area (TPSA) is 42.2 Å². The number of halogens is 2. The molecule has 2 aromatic carbocycles. The quantitative estimate of drug-likeness (QED) is 0.669. The van der Waals surface area contributed by atoms with Crippen molar-refractivity contribution in [2.45, 2.75) is 6.61 Å². The molecule has 0 aromatic heterocycles. The smallest absolute Gasteiger partial charge is 0.162 e. The monoisotopic (exact) mass is 377 g/mol. The van der Waals surface area contributed by atoms with Crippen LogP contribution in [-0.2, 0) is 6.61 Å². The molecular formula is C17H13BrClNO2. The lowest BCUT2D eigenvalue weighted by Crippen LogP contribution is -1.98. The molecule has 0 amide bonds. The molecule has 0 heterocycles. The lowest BCUT2D eigenvalue weighted by Gasteiger charge is -2.13. The average Bonchev–Trinajstić information content (AvgIpc) is 2.53. The van der Waals surface area contributed by atoms with E-state index < -0.39 is 0 Å². The first-order valence-electron chi connectivity index (χ1n) is 6.45. The standard InChI is InChI=1S/C17H13BrClNO2/c1-21-16-9-13(3-2-8-20)15(18)10-17(16)22-11-12-4-6-14(19)7-5-12/h2-7,9-10H,11H2,1H3/b3-2+. The highest BCUT2D eigenvalue weighted by Crippen LogP contribution is 2.34. The molecule has 0 saturated heterocycles. The van der Waals surface area contributed by atoms with Crippen molar-refractivity contribution in [3.05, 3.63) is 63.1 Å². The van der Waals surface area contributed by atoms with E-state index in [-0.39, 0.29) is 0 Å². The predicted octanol–water partition coefficient (Wildman–Crippen LogP) is 5.23. The summed E-state index contributed by atoms with van der Waals surface area (Å²) in [6.45, 7) is 0.410. The van der Waals surface area contributed by atoms with Gasteiger partial charge in [0.15, 0.2) is 11.5 Å². The second-order valence-electron chi connectivity index (χ2n) is 4.40. The molecule has 0 unspecified atom stereocenters. The van der Waals surface area contributed by atoms with Gasteiger partial charge >= 0.3 is 0 Å². The van der Waals surface area contributed by atoms with Gasteiger partial charge in [0.25, 0.3) is 0 Å². The molecular weight excluding hydrogens is 366 g/mol. The van der Waals surface area contributed by atoms with Crippen LogP contribution in [0.2, 0.25) is 5.02 Å². The van der Waals surface area contributed by atoms with Gasteiger partial charge in [-0.1, -0.05) is 39.7 Å². The molecule has 0 aliphatic carbocycles. The normalized spacial score (nSPS) is 10.5. The molecule has 5 heteroatoms. The molecule has 3 nitrogen and oxygen atoms in total. The first-order valence-corrected chi connectivity index (χ1v) is 7.62. The summed E-state index contributed by atoms with van der Waals surface area (Å²) in [5, 5.41) is 9.30. The van der Waals surface area contributed by atoms with Crippen molar-refractivity contribution in [2.24, 2.45) is 0 Å². The van der Waals surface area contributed by atoms with Crippen molar-refractivity contribution >= 4 is 33.6 Å². The van der Waals surface area contributed by atoms with Gasteiger partial charge in [-0.05, 0) is 41.5 Å². The fraction of sp³-hybridized carbons (Fsp3) is 0.118. The van der Waals surface area contributed by atoms with Crippen molar-refractivity contribution in [2.75, 3.05) is 7.11 Å². The van der Waals surface area contributed by atoms with Crippen LogP contribution >= 0.6 is 27.5 Å². The number of benzene rings is 2. The third kappa shape index (κ3) is 4.27. The van der Waals surface area contributed by atoms with Crippen LogP contribution in [0.5, 0.6) is 11.5 Å². The van der Waals surface area contributed by atoms with Crippen LogP contribution in [0.4, 0.5) is 0 Å². The van der Waals surface area contributed by atoms with Gasteiger partial charge in [0, 0.05) is 15.6 Å². The van der Waals surface area contributed by atoms with E-state index in [4.69, 9.17) is 26.3 Å². The van der Waals surface area contributed by atoms with Crippen molar-refractivity contribution in [1.82, 2.24) is 0 Å². The van der Waals surface area contributed by atoms with Crippen LogP contribution in [0.25, 0.3) is 6.08 Å². The predicted molar refractivity (Wildman–Crippen MR) is 91.1 cm³/mol. The Morgan fingerprint density at radius 1 is 1.23 bits per heavy atom. The number of rotatable bonds is 5. The van der Waals surface area contributed by atoms with Crippen LogP contribution in [0.1, 0.15) is 11.1 Å². The number of hydrogen-bond donors (Lipinski definition) is 0. The molecule has 112 valence electrons. The molecule has 0 aliphatic rings. The van der Waals surface area contributed by atoms with E-state index in [9.17, 15) is 0 Å². The Morgan fingerprint density at radius 2 is 1.95 bits per heavy atom. The first-order chi connectivity index (χ1) is 10.6. The van der Waals surface area contributed by atoms with Gasteiger partial charge in [-0.25, -0.2) is 0 Å². The summed E-state index contributed by atoms with van der Waals surface area (Å²) in [4.78, 5) is 0. The highest BCUT2D eigenvalue weighted by Gasteiger charge is 2.09. The fourth-order valence-electron chi connectivity index (χ4n) is 1.82. The summed E-state index contributed by atoms with van der Waals surface area (Å²) in [5.74, 6) is 1.23. The van der Waals surface area contributed by atoms with Crippen molar-refractivity contribution in [3.63, 3.8) is 0 Å². The summed E-state index contributed by atoms with van der Waals surface area (Å²) >= 11 is 9.32. The minimum atomic E-state index is 0.410. The summed E-state index contributed by atoms with van der Waals surface area (Å²) in [6.07, 6.45) is 3.11. The third-order valence-electron chi connectivity index (χ3n) is 2.93. The maximum Gasteiger partial charge on any atom is 0.162 e. The average molecular weight is 379 g/mol. The molecule has 0 atom stereocenters. The van der Waals surface area contributed by atoms with Crippen LogP contribution in [0, 0.1) is 11.3 Å². The van der Waals surface area contributed by atoms with Gasteiger partial charge in [0.1, 0.15) is 6.61 Å². The molecule has 2 rings (SSSR count). The van der Waals surface area contributed by atoms with Crippen molar-refractivity contribution in [1.29, 1.82) is 5.26 Å². The van der Waals surface area contributed by atoms with Crippen molar-refractivity contribution in [3.8, 4) is 17.6 Å². The van der Waals surface area contributed by atoms with Crippen LogP contribution in [0.3, 0.4) is 0 Å². The molecule has 0 spiro atoms. The van der Waals surface area contributed by atoms with E-state index in [1.165, 1.54) is 6.08 Å². The second kappa shape index (κ2) is 7.88. The number of allylic oxidation sites excluding steroid dienone is 1. The van der Waals surface area contributed by atoms with Crippen LogP contribution < -0.4 is 9.47 Å². The summed E-state index contributed by atoms with van der Waals surface area (Å²) in [7, 11) is 1.58. The Kier molecular flexibility index (Phi) is 5.88. The fourth-order valence-corrected chi connectivity index (χ4v) is 2.40. The molecule has 0 aliphatic heterocycles. The van der Waals surface area contributed by atoms with Gasteiger partial charge in [-0.3, -0.25) is 0 Å². The van der Waals surface area contributed by atoms with E-state index in [0.29, 0.717) is 23.1 Å². The van der Waals surface area contributed by atoms with E-state index in [0.717, 1.165) is 15.6 Å². The largest absolute Gasteiger partial charge is 0.493 e. The molecule has 0 bridgehead atoms. The number of ether oxygens (including phenoxy) is 2. The number of nitriles is 1. The molecule has 0 radical (unpaired) electrons. The molecule has 2 aromatic rings. The van der Waals surface area contributed by atoms with Crippen LogP contribution in [0.15, 0.2) is 46.9 Å². The van der Waals surface area contributed by atoms with E-state index >= 15 is 0 Å². The Bertz CT molecular complexity index is 721. The van der Waals surface area contributed by atoms with E-state index in [1.807, 2.05) is 42.5 Å². The maximum atomic E-state index is 8.61. The van der Waals surface area contributed by atoms with Gasteiger partial charge in [0.05, 0.1) is 13.2 Å². The molecule has 22 heavy (non-hydrogen) atoms. The van der Waals surface area contributed by atoms with E-state index in [1.54, 1.807) is 13.2 Å². The minimum Gasteiger partial charge on any atom is -0.493 e. The molecule has 0 fully saturated rings. The lowest BCUT2D eigenvalue weighted by atomic mass is 10.2. The highest BCUT2D eigenvalue weighted by atomic mass is 79.9. The second-order valence-corrected chi connectivity index (χ2v) is 5.69. The van der Waals surface area contributed by atoms with Gasteiger partial charge in [0.2, 0.25) is 0 Å². The minimum absolute atomic E-state index is 0.410. The lowest BCUT2D eigenvalue weighted by molar-refractivity contribution is 0.284. The zero-order valence-corrected chi connectivity index (χ0v) is 14.2. The summed E-state index contributed by atoms with van der Waals surface area (Å²) < 4.78 is 12.0. The van der Waals surface area contributed by atoms with Gasteiger partial charge in [-0.2, -0.15) is 5.26 Å². The first kappa shape index (κ1) is 16.4. The highest BCUT2D eigenvalue weighted by molar-refractivity contribution is 9.10. The summed E-state index contributed by atoms with van der Waals surface area (Å²) in [5.41, 5.74) is 1.85. The van der Waals surface area contributed by atoms with Gasteiger partial charge < -0.3 is 9.47 Å². The van der Waals surface area contributed by atoms with Crippen molar-refractivity contribution < 1.29 is 9.47 Å². The number of hydrogen-bond acceptors (Lipinski definition) is 3. The SMILES string of the molecule is COc1cc(/C=C/C#N)c(Br)cc1OCc1ccc(Cl)cc1. The Balaban J connectivity index is 2.20. The maximum absolute atomic E-state index is 8.61. The Hall–Kier alpha value is -1.96. The Labute approximate surface area is 142 Å². The zero-order chi connectivity index (χ0) is 15.9. The zero-order valence-electron chi connectivity index (χ0n) is 11.8. The number of nitrogens with zero attached hydrogens (tertiary/aromatic N) is 1. The Morgan fingerprint density at radius 3 is 2.59 bits per heavy atom. The molecule has 0 N–H and O–H groups in total. The van der Waals surface area contributed by atoms with Gasteiger partial charge in [-0.15, -0.1) is 0 Å². The number of methoxy groups -OCH3 is 1. The molecule has 0 saturated carbocycles. The summed E-state index contributed by atoms with van der Waals surface area (Å²) in [6, 6.07) is 13.1. The van der Waals surface area contributed by atoms with E-state index in [2.05, 4.69) is 15.9 Å². The van der Waals surface area contributed by atoms with Crippen LogP contribution in [-0.4, -0.2) is 7.11 Å².